The summed E-state index contributed by atoms with van der Waals surface area (Å²) in [6, 6.07) is 7.55. The van der Waals surface area contributed by atoms with Crippen LogP contribution < -0.4 is 10.6 Å². The van der Waals surface area contributed by atoms with E-state index < -0.39 is 5.41 Å². The van der Waals surface area contributed by atoms with Gasteiger partial charge in [-0.2, -0.15) is 0 Å². The topological polar surface area (TPSA) is 61.4 Å². The maximum absolute atomic E-state index is 12.6. The van der Waals surface area contributed by atoms with Crippen LogP contribution in [0.5, 0.6) is 0 Å². The van der Waals surface area contributed by atoms with Gasteiger partial charge in [0.25, 0.3) is 0 Å². The first-order valence-electron chi connectivity index (χ1n) is 8.33. The van der Waals surface area contributed by atoms with Gasteiger partial charge in [0, 0.05) is 43.0 Å². The monoisotopic (exact) mass is 351 g/mol. The summed E-state index contributed by atoms with van der Waals surface area (Å²) in [5.74, 6) is -0.00565. The van der Waals surface area contributed by atoms with E-state index in [9.17, 15) is 9.59 Å². The predicted octanol–water partition coefficient (Wildman–Crippen LogP) is 2.37. The molecular formula is C18H26ClN3O2. The average Bonchev–Trinajstić information content (AvgIpc) is 2.54. The van der Waals surface area contributed by atoms with Crippen LogP contribution in [-0.4, -0.2) is 42.9 Å². The molecule has 1 heterocycles. The van der Waals surface area contributed by atoms with Gasteiger partial charge in [0.1, 0.15) is 0 Å². The van der Waals surface area contributed by atoms with Gasteiger partial charge in [-0.3, -0.25) is 9.59 Å². The molecule has 2 N–H and O–H groups in total. The Morgan fingerprint density at radius 2 is 2.04 bits per heavy atom. The molecule has 1 atom stereocenters. The third-order valence-electron chi connectivity index (χ3n) is 4.13. The molecule has 1 fully saturated rings. The van der Waals surface area contributed by atoms with E-state index >= 15 is 0 Å². The van der Waals surface area contributed by atoms with Crippen LogP contribution in [0.25, 0.3) is 0 Å². The predicted molar refractivity (Wildman–Crippen MR) is 95.9 cm³/mol. The van der Waals surface area contributed by atoms with Crippen molar-refractivity contribution in [2.24, 2.45) is 5.41 Å². The molecule has 1 unspecified atom stereocenters. The van der Waals surface area contributed by atoms with Crippen molar-refractivity contribution in [1.29, 1.82) is 0 Å². The number of carbonyl (C=O) groups is 2. The number of piperazine rings is 1. The van der Waals surface area contributed by atoms with Crippen molar-refractivity contribution in [2.45, 2.75) is 33.2 Å². The molecule has 1 saturated heterocycles. The van der Waals surface area contributed by atoms with E-state index in [4.69, 9.17) is 11.6 Å². The molecule has 1 aromatic carbocycles. The van der Waals surface area contributed by atoms with Gasteiger partial charge in [-0.25, -0.2) is 0 Å². The highest BCUT2D eigenvalue weighted by Gasteiger charge is 2.29. The van der Waals surface area contributed by atoms with Crippen molar-refractivity contribution in [3.05, 3.63) is 34.9 Å². The first-order chi connectivity index (χ1) is 11.3. The molecule has 24 heavy (non-hydrogen) atoms. The van der Waals surface area contributed by atoms with Crippen molar-refractivity contribution in [1.82, 2.24) is 15.5 Å². The molecule has 2 rings (SSSR count). The minimum absolute atomic E-state index is 0.0376. The molecule has 0 aliphatic carbocycles. The summed E-state index contributed by atoms with van der Waals surface area (Å²) in [5.41, 5.74) is 0.511. The van der Waals surface area contributed by atoms with Gasteiger partial charge in [-0.05, 0) is 11.6 Å². The van der Waals surface area contributed by atoms with Crippen LogP contribution in [0.2, 0.25) is 5.02 Å². The SMILES string of the molecule is CC(C)(C)C(=O)NCCC(=O)N1CCNCC1c1ccccc1Cl. The molecule has 0 aromatic heterocycles. The van der Waals surface area contributed by atoms with Crippen molar-refractivity contribution in [2.75, 3.05) is 26.2 Å². The van der Waals surface area contributed by atoms with Gasteiger partial charge < -0.3 is 15.5 Å². The Hall–Kier alpha value is -1.59. The number of carbonyl (C=O) groups excluding carboxylic acids is 2. The molecule has 5 nitrogen and oxygen atoms in total. The minimum atomic E-state index is -0.446. The number of hydrogen-bond acceptors (Lipinski definition) is 3. The molecule has 0 radical (unpaired) electrons. The smallest absolute Gasteiger partial charge is 0.225 e. The van der Waals surface area contributed by atoms with Crippen LogP contribution in [0.1, 0.15) is 38.8 Å². The highest BCUT2D eigenvalue weighted by molar-refractivity contribution is 6.31. The van der Waals surface area contributed by atoms with Gasteiger partial charge in [0.15, 0.2) is 0 Å². The van der Waals surface area contributed by atoms with Crippen LogP contribution in [0.4, 0.5) is 0 Å². The molecule has 0 bridgehead atoms. The first-order valence-corrected chi connectivity index (χ1v) is 8.71. The number of benzene rings is 1. The fourth-order valence-electron chi connectivity index (χ4n) is 2.72. The lowest BCUT2D eigenvalue weighted by Crippen LogP contribution is -2.49. The molecule has 1 aliphatic heterocycles. The van der Waals surface area contributed by atoms with Gasteiger partial charge in [0.05, 0.1) is 6.04 Å². The van der Waals surface area contributed by atoms with Crippen LogP contribution in [0.3, 0.4) is 0 Å². The molecule has 132 valence electrons. The molecule has 0 spiro atoms. The maximum Gasteiger partial charge on any atom is 0.225 e. The van der Waals surface area contributed by atoms with Gasteiger partial charge in [-0.1, -0.05) is 50.6 Å². The minimum Gasteiger partial charge on any atom is -0.355 e. The number of hydrogen-bond donors (Lipinski definition) is 2. The number of nitrogens with one attached hydrogen (secondary N) is 2. The summed E-state index contributed by atoms with van der Waals surface area (Å²) in [5, 5.41) is 6.82. The average molecular weight is 352 g/mol. The second-order valence-corrected chi connectivity index (χ2v) is 7.49. The van der Waals surface area contributed by atoms with E-state index in [1.807, 2.05) is 49.9 Å². The highest BCUT2D eigenvalue weighted by atomic mass is 35.5. The van der Waals surface area contributed by atoms with Gasteiger partial charge >= 0.3 is 0 Å². The summed E-state index contributed by atoms with van der Waals surface area (Å²) in [6.07, 6.45) is 0.294. The third-order valence-corrected chi connectivity index (χ3v) is 4.48. The van der Waals surface area contributed by atoms with Crippen LogP contribution in [0.15, 0.2) is 24.3 Å². The lowest BCUT2D eigenvalue weighted by Gasteiger charge is -2.37. The van der Waals surface area contributed by atoms with E-state index in [0.717, 1.165) is 12.1 Å². The Bertz CT molecular complexity index is 598. The summed E-state index contributed by atoms with van der Waals surface area (Å²) >= 11 is 6.30. The van der Waals surface area contributed by atoms with E-state index in [1.54, 1.807) is 0 Å². The van der Waals surface area contributed by atoms with Crippen molar-refractivity contribution in [3.63, 3.8) is 0 Å². The zero-order valence-corrected chi connectivity index (χ0v) is 15.3. The molecule has 2 amide bonds. The summed E-state index contributed by atoms with van der Waals surface area (Å²) in [4.78, 5) is 26.4. The Kier molecular flexibility index (Phi) is 6.24. The van der Waals surface area contributed by atoms with Crippen molar-refractivity contribution < 1.29 is 9.59 Å². The number of nitrogens with zero attached hydrogens (tertiary/aromatic N) is 1. The number of rotatable bonds is 4. The summed E-state index contributed by atoms with van der Waals surface area (Å²) in [7, 11) is 0. The lowest BCUT2D eigenvalue weighted by molar-refractivity contribution is -0.134. The quantitative estimate of drug-likeness (QED) is 0.875. The zero-order valence-electron chi connectivity index (χ0n) is 14.6. The lowest BCUT2D eigenvalue weighted by atomic mass is 9.96. The molecular weight excluding hydrogens is 326 g/mol. The second kappa shape index (κ2) is 7.99. The highest BCUT2D eigenvalue weighted by Crippen LogP contribution is 2.28. The summed E-state index contributed by atoms with van der Waals surface area (Å²) in [6.45, 7) is 8.01. The Morgan fingerprint density at radius 1 is 1.33 bits per heavy atom. The third kappa shape index (κ3) is 4.71. The zero-order chi connectivity index (χ0) is 17.7. The molecule has 1 aliphatic rings. The van der Waals surface area contributed by atoms with Gasteiger partial charge in [0.2, 0.25) is 11.8 Å². The maximum atomic E-state index is 12.6. The Labute approximate surface area is 148 Å². The van der Waals surface area contributed by atoms with E-state index in [0.29, 0.717) is 31.1 Å². The molecule has 6 heteroatoms. The van der Waals surface area contributed by atoms with Crippen molar-refractivity contribution >= 4 is 23.4 Å². The van der Waals surface area contributed by atoms with E-state index in [2.05, 4.69) is 10.6 Å². The first kappa shape index (κ1) is 18.7. The van der Waals surface area contributed by atoms with E-state index in [1.165, 1.54) is 0 Å². The summed E-state index contributed by atoms with van der Waals surface area (Å²) < 4.78 is 0. The van der Waals surface area contributed by atoms with Crippen molar-refractivity contribution in [3.8, 4) is 0 Å². The fourth-order valence-corrected chi connectivity index (χ4v) is 2.98. The number of amides is 2. The van der Waals surface area contributed by atoms with Crippen LogP contribution >= 0.6 is 11.6 Å². The largest absolute Gasteiger partial charge is 0.355 e. The van der Waals surface area contributed by atoms with Crippen LogP contribution in [-0.2, 0) is 9.59 Å². The molecule has 0 saturated carbocycles. The van der Waals surface area contributed by atoms with E-state index in [-0.39, 0.29) is 17.9 Å². The fraction of sp³-hybridized carbons (Fsp3) is 0.556. The standard InChI is InChI=1S/C18H26ClN3O2/c1-18(2,3)17(24)21-9-8-16(23)22-11-10-20-12-15(22)13-6-4-5-7-14(13)19/h4-7,15,20H,8-12H2,1-3H3,(H,21,24). The molecule has 1 aromatic rings. The van der Waals surface area contributed by atoms with Gasteiger partial charge in [-0.15, -0.1) is 0 Å². The Morgan fingerprint density at radius 3 is 2.71 bits per heavy atom. The Balaban J connectivity index is 1.99. The second-order valence-electron chi connectivity index (χ2n) is 7.08. The number of halogens is 1. The van der Waals surface area contributed by atoms with Crippen LogP contribution in [0, 0.1) is 5.41 Å². The normalized spacial score (nSPS) is 18.3.